The van der Waals surface area contributed by atoms with Gasteiger partial charge in [0.15, 0.2) is 0 Å². The molecule has 0 amide bonds. The van der Waals surface area contributed by atoms with Crippen LogP contribution >= 0.6 is 0 Å². The number of benzene rings is 2. The molecular weight excluding hydrogens is 326 g/mol. The van der Waals surface area contributed by atoms with Gasteiger partial charge in [-0.3, -0.25) is 4.90 Å². The molecule has 0 N–H and O–H groups in total. The summed E-state index contributed by atoms with van der Waals surface area (Å²) in [6, 6.07) is 21.7. The zero-order chi connectivity index (χ0) is 18.9. The lowest BCUT2D eigenvalue weighted by Gasteiger charge is -2.45. The third-order valence-corrected chi connectivity index (χ3v) is 6.32. The van der Waals surface area contributed by atoms with Crippen LogP contribution in [0.15, 0.2) is 66.2 Å². The van der Waals surface area contributed by atoms with E-state index in [1.807, 2.05) is 0 Å². The summed E-state index contributed by atoms with van der Waals surface area (Å²) in [5.41, 5.74) is 6.22. The molecule has 1 nitrogen and oxygen atoms in total. The summed E-state index contributed by atoms with van der Waals surface area (Å²) < 4.78 is 0. The molecule has 2 aliphatic rings. The lowest BCUT2D eigenvalue weighted by Crippen LogP contribution is -2.48. The Morgan fingerprint density at radius 3 is 2.30 bits per heavy atom. The van der Waals surface area contributed by atoms with Crippen molar-refractivity contribution in [3.8, 4) is 0 Å². The Hall–Kier alpha value is -1.86. The maximum atomic E-state index is 2.75. The van der Waals surface area contributed by atoms with Crippen molar-refractivity contribution in [2.24, 2.45) is 0 Å². The number of rotatable bonds is 4. The minimum Gasteiger partial charge on any atom is -0.289 e. The van der Waals surface area contributed by atoms with E-state index in [1.165, 1.54) is 42.4 Å². The van der Waals surface area contributed by atoms with E-state index in [1.54, 1.807) is 5.57 Å². The Labute approximate surface area is 165 Å². The van der Waals surface area contributed by atoms with Crippen LogP contribution in [0.5, 0.6) is 0 Å². The third kappa shape index (κ3) is 4.35. The van der Waals surface area contributed by atoms with E-state index in [0.717, 1.165) is 19.0 Å². The standard InChI is InChI=1S/C26H33N/c1-26(2,3)23-14-12-20(13-15-23)16-22-17-24-10-7-11-25(18-22)27(24)19-21-8-5-4-6-9-21/h4-6,8-9,12-15,17,24-25H,7,10-11,16,18-19H2,1-3H3. The average Bonchev–Trinajstić information content (AvgIpc) is 2.63. The number of fused-ring (bicyclic) bond motifs is 2. The molecule has 2 aliphatic heterocycles. The summed E-state index contributed by atoms with van der Waals surface area (Å²) in [7, 11) is 0. The summed E-state index contributed by atoms with van der Waals surface area (Å²) in [5, 5.41) is 0. The van der Waals surface area contributed by atoms with Gasteiger partial charge in [0.25, 0.3) is 0 Å². The Balaban J connectivity index is 1.47. The van der Waals surface area contributed by atoms with Crippen molar-refractivity contribution in [2.45, 2.75) is 76.9 Å². The van der Waals surface area contributed by atoms with Crippen LogP contribution in [0, 0.1) is 0 Å². The maximum Gasteiger partial charge on any atom is 0.0287 e. The Bertz CT molecular complexity index is 779. The number of nitrogens with zero attached hydrogens (tertiary/aromatic N) is 1. The van der Waals surface area contributed by atoms with Gasteiger partial charge in [0.05, 0.1) is 0 Å². The second-order valence-corrected chi connectivity index (χ2v) is 9.46. The highest BCUT2D eigenvalue weighted by Crippen LogP contribution is 2.35. The molecule has 2 atom stereocenters. The van der Waals surface area contributed by atoms with Gasteiger partial charge in [-0.05, 0) is 47.8 Å². The predicted octanol–water partition coefficient (Wildman–Crippen LogP) is 6.28. The molecule has 1 heteroatoms. The predicted molar refractivity (Wildman–Crippen MR) is 115 cm³/mol. The van der Waals surface area contributed by atoms with Crippen molar-refractivity contribution < 1.29 is 0 Å². The lowest BCUT2D eigenvalue weighted by atomic mass is 9.82. The van der Waals surface area contributed by atoms with E-state index in [-0.39, 0.29) is 5.41 Å². The average molecular weight is 360 g/mol. The van der Waals surface area contributed by atoms with E-state index in [2.05, 4.69) is 86.3 Å². The highest BCUT2D eigenvalue weighted by Gasteiger charge is 2.33. The van der Waals surface area contributed by atoms with Crippen LogP contribution in [0.3, 0.4) is 0 Å². The van der Waals surface area contributed by atoms with Gasteiger partial charge in [0.2, 0.25) is 0 Å². The van der Waals surface area contributed by atoms with Crippen LogP contribution in [-0.2, 0) is 18.4 Å². The highest BCUT2D eigenvalue weighted by molar-refractivity contribution is 5.31. The van der Waals surface area contributed by atoms with E-state index in [9.17, 15) is 0 Å². The van der Waals surface area contributed by atoms with E-state index in [0.29, 0.717) is 6.04 Å². The molecule has 0 aromatic heterocycles. The first-order valence-electron chi connectivity index (χ1n) is 10.6. The molecule has 142 valence electrons. The quantitative estimate of drug-likeness (QED) is 0.581. The van der Waals surface area contributed by atoms with E-state index < -0.39 is 0 Å². The molecule has 27 heavy (non-hydrogen) atoms. The molecule has 2 bridgehead atoms. The fourth-order valence-corrected chi connectivity index (χ4v) is 4.76. The monoisotopic (exact) mass is 359 g/mol. The van der Waals surface area contributed by atoms with Crippen LogP contribution in [0.25, 0.3) is 0 Å². The first-order chi connectivity index (χ1) is 13.0. The van der Waals surface area contributed by atoms with Crippen molar-refractivity contribution in [1.82, 2.24) is 4.90 Å². The molecule has 2 aromatic carbocycles. The largest absolute Gasteiger partial charge is 0.289 e. The number of piperidine rings is 1. The first-order valence-corrected chi connectivity index (χ1v) is 10.6. The minimum atomic E-state index is 0.234. The Morgan fingerprint density at radius 1 is 0.889 bits per heavy atom. The second kappa shape index (κ2) is 7.64. The molecule has 1 saturated heterocycles. The molecule has 4 rings (SSSR count). The summed E-state index contributed by atoms with van der Waals surface area (Å²) in [5.74, 6) is 0. The van der Waals surface area contributed by atoms with Gasteiger partial charge >= 0.3 is 0 Å². The van der Waals surface area contributed by atoms with Gasteiger partial charge in [0, 0.05) is 18.6 Å². The molecular formula is C26H33N. The number of hydrogen-bond donors (Lipinski definition) is 0. The van der Waals surface area contributed by atoms with Crippen molar-refractivity contribution in [3.05, 3.63) is 82.9 Å². The first kappa shape index (κ1) is 18.5. The van der Waals surface area contributed by atoms with Crippen molar-refractivity contribution in [3.63, 3.8) is 0 Å². The van der Waals surface area contributed by atoms with E-state index in [4.69, 9.17) is 0 Å². The van der Waals surface area contributed by atoms with Gasteiger partial charge in [-0.2, -0.15) is 0 Å². The van der Waals surface area contributed by atoms with Crippen molar-refractivity contribution in [1.29, 1.82) is 0 Å². The smallest absolute Gasteiger partial charge is 0.0287 e. The SMILES string of the molecule is CC(C)(C)c1ccc(CC2=CC3CCCC(C2)N3Cc2ccccc2)cc1. The third-order valence-electron chi connectivity index (χ3n) is 6.32. The lowest BCUT2D eigenvalue weighted by molar-refractivity contribution is 0.0880. The summed E-state index contributed by atoms with van der Waals surface area (Å²) in [4.78, 5) is 2.75. The van der Waals surface area contributed by atoms with Gasteiger partial charge in [-0.15, -0.1) is 0 Å². The Kier molecular flexibility index (Phi) is 5.23. The van der Waals surface area contributed by atoms with Crippen LogP contribution < -0.4 is 0 Å². The van der Waals surface area contributed by atoms with Crippen LogP contribution in [0.1, 0.15) is 63.1 Å². The zero-order valence-corrected chi connectivity index (χ0v) is 17.1. The van der Waals surface area contributed by atoms with Gasteiger partial charge in [-0.1, -0.05) is 93.4 Å². The normalized spacial score (nSPS) is 23.1. The molecule has 2 heterocycles. The summed E-state index contributed by atoms with van der Waals surface area (Å²) >= 11 is 0. The van der Waals surface area contributed by atoms with Gasteiger partial charge in [0.1, 0.15) is 0 Å². The minimum absolute atomic E-state index is 0.234. The fraction of sp³-hybridized carbons (Fsp3) is 0.462. The zero-order valence-electron chi connectivity index (χ0n) is 17.1. The van der Waals surface area contributed by atoms with Crippen LogP contribution in [-0.4, -0.2) is 17.0 Å². The molecule has 2 unspecified atom stereocenters. The molecule has 1 fully saturated rings. The molecule has 0 saturated carbocycles. The topological polar surface area (TPSA) is 3.24 Å². The Morgan fingerprint density at radius 2 is 1.63 bits per heavy atom. The molecule has 0 spiro atoms. The van der Waals surface area contributed by atoms with Crippen molar-refractivity contribution in [2.75, 3.05) is 0 Å². The van der Waals surface area contributed by atoms with Gasteiger partial charge < -0.3 is 0 Å². The maximum absolute atomic E-state index is 2.75. The van der Waals surface area contributed by atoms with Gasteiger partial charge in [-0.25, -0.2) is 0 Å². The fourth-order valence-electron chi connectivity index (χ4n) is 4.76. The summed E-state index contributed by atoms with van der Waals surface area (Å²) in [6.45, 7) is 7.96. The van der Waals surface area contributed by atoms with Crippen LogP contribution in [0.2, 0.25) is 0 Å². The molecule has 0 radical (unpaired) electrons. The second-order valence-electron chi connectivity index (χ2n) is 9.46. The van der Waals surface area contributed by atoms with Crippen LogP contribution in [0.4, 0.5) is 0 Å². The molecule has 0 aliphatic carbocycles. The highest BCUT2D eigenvalue weighted by atomic mass is 15.2. The summed E-state index contributed by atoms with van der Waals surface area (Å²) in [6.07, 6.45) is 9.00. The molecule has 2 aromatic rings. The van der Waals surface area contributed by atoms with Crippen molar-refractivity contribution >= 4 is 0 Å². The number of hydrogen-bond acceptors (Lipinski definition) is 1. The van der Waals surface area contributed by atoms with E-state index >= 15 is 0 Å².